The Hall–Kier alpha value is -2.51. The van der Waals surface area contributed by atoms with Crippen LogP contribution in [0.5, 0.6) is 5.75 Å². The molecule has 0 radical (unpaired) electrons. The lowest BCUT2D eigenvalue weighted by atomic mass is 10.1. The summed E-state index contributed by atoms with van der Waals surface area (Å²) < 4.78 is 28.7. The van der Waals surface area contributed by atoms with Crippen LogP contribution in [0.15, 0.2) is 30.5 Å². The summed E-state index contributed by atoms with van der Waals surface area (Å²) in [5, 5.41) is 16.7. The van der Waals surface area contributed by atoms with Gasteiger partial charge < -0.3 is 4.74 Å². The van der Waals surface area contributed by atoms with Gasteiger partial charge in [-0.05, 0) is 12.1 Å². The molecule has 0 saturated heterocycles. The van der Waals surface area contributed by atoms with E-state index in [4.69, 9.17) is 0 Å². The van der Waals surface area contributed by atoms with E-state index >= 15 is 0 Å². The number of nitrogens with one attached hydrogen (secondary N) is 1. The van der Waals surface area contributed by atoms with Gasteiger partial charge in [-0.1, -0.05) is 12.1 Å². The van der Waals surface area contributed by atoms with E-state index in [1.807, 2.05) is 0 Å². The number of nitrogens with zero attached hydrogens (tertiary/aromatic N) is 2. The summed E-state index contributed by atoms with van der Waals surface area (Å²) in [6.07, 6.45) is 1.01. The second kappa shape index (κ2) is 4.78. The van der Waals surface area contributed by atoms with Gasteiger partial charge in [0, 0.05) is 5.56 Å². The van der Waals surface area contributed by atoms with E-state index in [2.05, 4.69) is 14.9 Å². The molecular formula is C10H7F2N3O3. The molecule has 1 aromatic carbocycles. The van der Waals surface area contributed by atoms with E-state index < -0.39 is 11.5 Å². The molecule has 0 saturated carbocycles. The highest BCUT2D eigenvalue weighted by atomic mass is 19.3. The fourth-order valence-electron chi connectivity index (χ4n) is 1.49. The lowest BCUT2D eigenvalue weighted by Gasteiger charge is -2.08. The third-order valence-corrected chi connectivity index (χ3v) is 2.19. The number of hydrogen-bond donors (Lipinski definition) is 1. The molecule has 0 bridgehead atoms. The number of aromatic amines is 1. The molecule has 0 fully saturated rings. The third kappa shape index (κ3) is 2.26. The van der Waals surface area contributed by atoms with Gasteiger partial charge in [0.25, 0.3) is 0 Å². The number of benzene rings is 1. The van der Waals surface area contributed by atoms with E-state index in [-0.39, 0.29) is 22.7 Å². The van der Waals surface area contributed by atoms with Crippen molar-refractivity contribution in [1.29, 1.82) is 0 Å². The minimum absolute atomic E-state index is 0.0243. The van der Waals surface area contributed by atoms with Crippen LogP contribution in [0.2, 0.25) is 0 Å². The molecule has 18 heavy (non-hydrogen) atoms. The summed E-state index contributed by atoms with van der Waals surface area (Å²) in [6, 6.07) is 5.77. The minimum atomic E-state index is -3.01. The van der Waals surface area contributed by atoms with Gasteiger partial charge in [0.15, 0.2) is 0 Å². The number of H-pyrrole nitrogens is 1. The Bertz CT molecular complexity index is 571. The number of rotatable bonds is 4. The van der Waals surface area contributed by atoms with Crippen molar-refractivity contribution >= 4 is 5.69 Å². The van der Waals surface area contributed by atoms with Gasteiger partial charge in [-0.15, -0.1) is 0 Å². The molecule has 8 heteroatoms. The summed E-state index contributed by atoms with van der Waals surface area (Å²) >= 11 is 0. The minimum Gasteiger partial charge on any atom is -0.434 e. The Morgan fingerprint density at radius 2 is 2.11 bits per heavy atom. The third-order valence-electron chi connectivity index (χ3n) is 2.19. The lowest BCUT2D eigenvalue weighted by Crippen LogP contribution is -2.03. The standard InChI is InChI=1S/C10H7F2N3O3/c11-10(12)18-8-4-2-1-3-6(8)9-7(15(16)17)5-13-14-9/h1-5,10H,(H,13,14). The second-order valence-corrected chi connectivity index (χ2v) is 3.26. The number of hydrogen-bond acceptors (Lipinski definition) is 4. The number of ether oxygens (including phenoxy) is 1. The predicted molar refractivity (Wildman–Crippen MR) is 57.3 cm³/mol. The molecule has 6 nitrogen and oxygen atoms in total. The van der Waals surface area contributed by atoms with Crippen molar-refractivity contribution in [2.45, 2.75) is 6.61 Å². The van der Waals surface area contributed by atoms with Crippen LogP contribution >= 0.6 is 0 Å². The van der Waals surface area contributed by atoms with Crippen LogP contribution in [-0.2, 0) is 0 Å². The van der Waals surface area contributed by atoms with Crippen molar-refractivity contribution in [3.63, 3.8) is 0 Å². The van der Waals surface area contributed by atoms with Gasteiger partial charge in [-0.3, -0.25) is 15.2 Å². The zero-order valence-electron chi connectivity index (χ0n) is 8.84. The highest BCUT2D eigenvalue weighted by molar-refractivity contribution is 5.74. The zero-order chi connectivity index (χ0) is 13.1. The molecule has 0 spiro atoms. The maximum absolute atomic E-state index is 12.2. The highest BCUT2D eigenvalue weighted by Gasteiger charge is 2.21. The summed E-state index contributed by atoms with van der Waals surface area (Å²) in [7, 11) is 0. The normalized spacial score (nSPS) is 10.6. The summed E-state index contributed by atoms with van der Waals surface area (Å²) in [5.74, 6) is -0.153. The van der Waals surface area contributed by atoms with E-state index in [1.165, 1.54) is 18.2 Å². The van der Waals surface area contributed by atoms with Crippen molar-refractivity contribution in [2.24, 2.45) is 0 Å². The smallest absolute Gasteiger partial charge is 0.387 e. The molecule has 0 unspecified atom stereocenters. The van der Waals surface area contributed by atoms with Crippen molar-refractivity contribution in [1.82, 2.24) is 10.2 Å². The maximum Gasteiger partial charge on any atom is 0.387 e. The average Bonchev–Trinajstić information content (AvgIpc) is 2.77. The summed E-state index contributed by atoms with van der Waals surface area (Å²) in [6.45, 7) is -3.01. The quantitative estimate of drug-likeness (QED) is 0.672. The summed E-state index contributed by atoms with van der Waals surface area (Å²) in [4.78, 5) is 10.1. The fourth-order valence-corrected chi connectivity index (χ4v) is 1.49. The van der Waals surface area contributed by atoms with E-state index in [0.717, 1.165) is 6.20 Å². The molecule has 2 aromatic rings. The van der Waals surface area contributed by atoms with Crippen LogP contribution in [0.4, 0.5) is 14.5 Å². The predicted octanol–water partition coefficient (Wildman–Crippen LogP) is 2.59. The van der Waals surface area contributed by atoms with Crippen molar-refractivity contribution < 1.29 is 18.4 Å². The molecular weight excluding hydrogens is 248 g/mol. The summed E-state index contributed by atoms with van der Waals surface area (Å²) in [5.41, 5.74) is -0.126. The van der Waals surface area contributed by atoms with E-state index in [9.17, 15) is 18.9 Å². The average molecular weight is 255 g/mol. The number of nitro groups is 1. The Balaban J connectivity index is 2.50. The monoisotopic (exact) mass is 255 g/mol. The van der Waals surface area contributed by atoms with Crippen LogP contribution < -0.4 is 4.74 Å². The van der Waals surface area contributed by atoms with E-state index in [1.54, 1.807) is 6.07 Å². The second-order valence-electron chi connectivity index (χ2n) is 3.26. The van der Waals surface area contributed by atoms with Crippen LogP contribution in [0, 0.1) is 10.1 Å². The Kier molecular flexibility index (Phi) is 3.18. The molecule has 1 N–H and O–H groups in total. The van der Waals surface area contributed by atoms with Crippen LogP contribution in [0.25, 0.3) is 11.3 Å². The van der Waals surface area contributed by atoms with Gasteiger partial charge in [-0.25, -0.2) is 0 Å². The van der Waals surface area contributed by atoms with Crippen LogP contribution in [0.1, 0.15) is 0 Å². The fraction of sp³-hybridized carbons (Fsp3) is 0.100. The van der Waals surface area contributed by atoms with E-state index in [0.29, 0.717) is 0 Å². The van der Waals surface area contributed by atoms with Gasteiger partial charge in [0.1, 0.15) is 17.6 Å². The van der Waals surface area contributed by atoms with Gasteiger partial charge in [-0.2, -0.15) is 13.9 Å². The largest absolute Gasteiger partial charge is 0.434 e. The molecule has 94 valence electrons. The number of para-hydroxylation sites is 1. The Morgan fingerprint density at radius 1 is 1.39 bits per heavy atom. The number of halogens is 2. The molecule has 0 aliphatic rings. The molecule has 0 aliphatic carbocycles. The van der Waals surface area contributed by atoms with Crippen molar-refractivity contribution in [2.75, 3.05) is 0 Å². The molecule has 1 heterocycles. The van der Waals surface area contributed by atoms with Gasteiger partial charge in [0.05, 0.1) is 4.92 Å². The zero-order valence-corrected chi connectivity index (χ0v) is 8.84. The number of aromatic nitrogens is 2. The molecule has 1 aromatic heterocycles. The molecule has 2 rings (SSSR count). The molecule has 0 amide bonds. The Labute approximate surface area is 99.3 Å². The first-order valence-electron chi connectivity index (χ1n) is 4.81. The van der Waals surface area contributed by atoms with Crippen LogP contribution in [0.3, 0.4) is 0 Å². The Morgan fingerprint density at radius 3 is 2.78 bits per heavy atom. The maximum atomic E-state index is 12.2. The van der Waals surface area contributed by atoms with Crippen molar-refractivity contribution in [3.8, 4) is 17.0 Å². The lowest BCUT2D eigenvalue weighted by molar-refractivity contribution is -0.384. The van der Waals surface area contributed by atoms with Crippen LogP contribution in [-0.4, -0.2) is 21.7 Å². The first kappa shape index (κ1) is 12.0. The first-order valence-corrected chi connectivity index (χ1v) is 4.81. The van der Waals surface area contributed by atoms with Crippen molar-refractivity contribution in [3.05, 3.63) is 40.6 Å². The van der Waals surface area contributed by atoms with Gasteiger partial charge in [0.2, 0.25) is 0 Å². The van der Waals surface area contributed by atoms with Gasteiger partial charge >= 0.3 is 12.3 Å². The number of alkyl halides is 2. The topological polar surface area (TPSA) is 81.0 Å². The first-order chi connectivity index (χ1) is 8.59. The molecule has 0 aliphatic heterocycles. The highest BCUT2D eigenvalue weighted by Crippen LogP contribution is 2.34. The SMILES string of the molecule is O=[N+]([O-])c1cn[nH]c1-c1ccccc1OC(F)F. The molecule has 0 atom stereocenters.